The van der Waals surface area contributed by atoms with Gasteiger partial charge in [-0.2, -0.15) is 0 Å². The summed E-state index contributed by atoms with van der Waals surface area (Å²) in [5.41, 5.74) is 0.425. The fraction of sp³-hybridized carbons (Fsp3) is 0. The molecular formula is C11H7BrClN3O. The number of hydrogen-bond acceptors (Lipinski definition) is 3. The quantitative estimate of drug-likeness (QED) is 0.867. The van der Waals surface area contributed by atoms with Gasteiger partial charge >= 0.3 is 0 Å². The van der Waals surface area contributed by atoms with Gasteiger partial charge in [-0.05, 0) is 40.2 Å². The molecule has 1 N–H and O–H groups in total. The van der Waals surface area contributed by atoms with Crippen LogP contribution in [0.2, 0.25) is 5.02 Å². The van der Waals surface area contributed by atoms with E-state index in [0.717, 1.165) is 0 Å². The number of hydrogen-bond donors (Lipinski definition) is 1. The number of anilines is 1. The number of halogens is 2. The molecule has 86 valence electrons. The van der Waals surface area contributed by atoms with E-state index in [0.29, 0.717) is 21.0 Å². The normalized spacial score (nSPS) is 10.0. The number of carbonyl (C=O) groups excluding carboxylic acids is 1. The number of aromatic nitrogens is 2. The Morgan fingerprint density at radius 3 is 2.65 bits per heavy atom. The van der Waals surface area contributed by atoms with Crippen LogP contribution < -0.4 is 5.32 Å². The number of carbonyl (C=O) groups is 1. The zero-order valence-electron chi connectivity index (χ0n) is 8.52. The van der Waals surface area contributed by atoms with Crippen molar-refractivity contribution in [2.45, 2.75) is 0 Å². The van der Waals surface area contributed by atoms with Gasteiger partial charge in [-0.3, -0.25) is 4.79 Å². The molecule has 0 spiro atoms. The van der Waals surface area contributed by atoms with Gasteiger partial charge in [-0.1, -0.05) is 11.6 Å². The van der Waals surface area contributed by atoms with E-state index in [4.69, 9.17) is 11.6 Å². The first-order valence-electron chi connectivity index (χ1n) is 4.71. The van der Waals surface area contributed by atoms with E-state index in [-0.39, 0.29) is 5.91 Å². The van der Waals surface area contributed by atoms with Crippen molar-refractivity contribution in [2.24, 2.45) is 0 Å². The number of amides is 1. The Bertz CT molecular complexity index is 562. The van der Waals surface area contributed by atoms with E-state index >= 15 is 0 Å². The van der Waals surface area contributed by atoms with Gasteiger partial charge in [0.05, 0.1) is 10.6 Å². The van der Waals surface area contributed by atoms with Gasteiger partial charge in [0.15, 0.2) is 5.82 Å². The second-order valence-corrected chi connectivity index (χ2v) is 4.29. The Morgan fingerprint density at radius 1 is 1.24 bits per heavy atom. The van der Waals surface area contributed by atoms with Gasteiger partial charge in [0.2, 0.25) is 0 Å². The van der Waals surface area contributed by atoms with Crippen LogP contribution in [-0.2, 0) is 0 Å². The molecule has 0 aromatic carbocycles. The van der Waals surface area contributed by atoms with E-state index in [1.165, 1.54) is 0 Å². The van der Waals surface area contributed by atoms with Gasteiger partial charge in [0.25, 0.3) is 5.91 Å². The Hall–Kier alpha value is -1.46. The molecule has 2 aromatic rings. The molecular weight excluding hydrogens is 305 g/mol. The predicted molar refractivity (Wildman–Crippen MR) is 69.1 cm³/mol. The molecule has 4 nitrogen and oxygen atoms in total. The summed E-state index contributed by atoms with van der Waals surface area (Å²) in [7, 11) is 0. The van der Waals surface area contributed by atoms with Gasteiger partial charge in [0, 0.05) is 12.4 Å². The van der Waals surface area contributed by atoms with Crippen molar-refractivity contribution in [1.82, 2.24) is 9.97 Å². The lowest BCUT2D eigenvalue weighted by Gasteiger charge is -2.06. The van der Waals surface area contributed by atoms with Crippen LogP contribution >= 0.6 is 27.5 Å². The zero-order chi connectivity index (χ0) is 12.3. The number of nitrogens with zero attached hydrogens (tertiary/aromatic N) is 2. The zero-order valence-corrected chi connectivity index (χ0v) is 10.9. The summed E-state index contributed by atoms with van der Waals surface area (Å²) in [4.78, 5) is 19.8. The molecule has 17 heavy (non-hydrogen) atoms. The monoisotopic (exact) mass is 311 g/mol. The van der Waals surface area contributed by atoms with Gasteiger partial charge < -0.3 is 5.32 Å². The minimum atomic E-state index is -0.314. The number of pyridine rings is 2. The maximum Gasteiger partial charge on any atom is 0.259 e. The van der Waals surface area contributed by atoms with Crippen molar-refractivity contribution in [1.29, 1.82) is 0 Å². The van der Waals surface area contributed by atoms with Crippen LogP contribution in [0.1, 0.15) is 10.4 Å². The summed E-state index contributed by atoms with van der Waals surface area (Å²) < 4.78 is 0.476. The summed E-state index contributed by atoms with van der Waals surface area (Å²) in [6, 6.07) is 6.68. The highest BCUT2D eigenvalue weighted by molar-refractivity contribution is 9.10. The van der Waals surface area contributed by atoms with E-state index in [1.54, 1.807) is 36.7 Å². The molecule has 2 heterocycles. The van der Waals surface area contributed by atoms with Crippen molar-refractivity contribution in [3.05, 3.63) is 51.8 Å². The van der Waals surface area contributed by atoms with Crippen molar-refractivity contribution < 1.29 is 4.79 Å². The SMILES string of the molecule is O=C(Nc1ncccc1Cl)c1cccnc1Br. The van der Waals surface area contributed by atoms with Crippen LogP contribution in [-0.4, -0.2) is 15.9 Å². The Morgan fingerprint density at radius 2 is 1.94 bits per heavy atom. The lowest BCUT2D eigenvalue weighted by atomic mass is 10.2. The van der Waals surface area contributed by atoms with Crippen LogP contribution in [0, 0.1) is 0 Å². The molecule has 0 bridgehead atoms. The maximum atomic E-state index is 11.9. The summed E-state index contributed by atoms with van der Waals surface area (Å²) >= 11 is 9.09. The second kappa shape index (κ2) is 5.25. The van der Waals surface area contributed by atoms with Crippen molar-refractivity contribution in [2.75, 3.05) is 5.32 Å². The summed E-state index contributed by atoms with van der Waals surface area (Å²) in [6.45, 7) is 0. The fourth-order valence-electron chi connectivity index (χ4n) is 1.21. The molecule has 6 heteroatoms. The lowest BCUT2D eigenvalue weighted by molar-refractivity contribution is 0.102. The molecule has 0 saturated carbocycles. The average molecular weight is 313 g/mol. The molecule has 1 amide bonds. The standard InChI is InChI=1S/C11H7BrClN3O/c12-9-7(3-1-5-14-9)11(17)16-10-8(13)4-2-6-15-10/h1-6H,(H,15,16,17). The number of nitrogens with one attached hydrogen (secondary N) is 1. The lowest BCUT2D eigenvalue weighted by Crippen LogP contribution is -2.14. The van der Waals surface area contributed by atoms with Gasteiger partial charge in [0.1, 0.15) is 4.60 Å². The molecule has 0 radical (unpaired) electrons. The van der Waals surface area contributed by atoms with E-state index in [9.17, 15) is 4.79 Å². The molecule has 0 fully saturated rings. The maximum absolute atomic E-state index is 11.9. The molecule has 0 aliphatic heterocycles. The summed E-state index contributed by atoms with van der Waals surface area (Å²) in [5.74, 6) is 0.0143. The Balaban J connectivity index is 2.24. The predicted octanol–water partition coefficient (Wildman–Crippen LogP) is 3.14. The molecule has 0 aliphatic carbocycles. The molecule has 0 saturated heterocycles. The largest absolute Gasteiger partial charge is 0.305 e. The highest BCUT2D eigenvalue weighted by Crippen LogP contribution is 2.19. The molecule has 2 aromatic heterocycles. The first-order chi connectivity index (χ1) is 8.18. The van der Waals surface area contributed by atoms with E-state index < -0.39 is 0 Å². The van der Waals surface area contributed by atoms with Crippen LogP contribution in [0.15, 0.2) is 41.3 Å². The Labute approximate surface area is 111 Å². The van der Waals surface area contributed by atoms with Gasteiger partial charge in [-0.15, -0.1) is 0 Å². The molecule has 0 atom stereocenters. The third kappa shape index (κ3) is 2.81. The van der Waals surface area contributed by atoms with E-state index in [2.05, 4.69) is 31.2 Å². The highest BCUT2D eigenvalue weighted by atomic mass is 79.9. The second-order valence-electron chi connectivity index (χ2n) is 3.13. The first-order valence-corrected chi connectivity index (χ1v) is 5.88. The van der Waals surface area contributed by atoms with Crippen LogP contribution in [0.3, 0.4) is 0 Å². The van der Waals surface area contributed by atoms with Crippen molar-refractivity contribution in [3.8, 4) is 0 Å². The summed E-state index contributed by atoms with van der Waals surface area (Å²) in [6.07, 6.45) is 3.15. The van der Waals surface area contributed by atoms with Crippen molar-refractivity contribution in [3.63, 3.8) is 0 Å². The molecule has 0 unspecified atom stereocenters. The van der Waals surface area contributed by atoms with Crippen molar-refractivity contribution >= 4 is 39.3 Å². The minimum absolute atomic E-state index is 0.314. The topological polar surface area (TPSA) is 54.9 Å². The average Bonchev–Trinajstić information content (AvgIpc) is 2.32. The highest BCUT2D eigenvalue weighted by Gasteiger charge is 2.12. The fourth-order valence-corrected chi connectivity index (χ4v) is 1.81. The molecule has 0 aliphatic rings. The van der Waals surface area contributed by atoms with E-state index in [1.807, 2.05) is 0 Å². The van der Waals surface area contributed by atoms with Crippen LogP contribution in [0.5, 0.6) is 0 Å². The molecule has 2 rings (SSSR count). The van der Waals surface area contributed by atoms with Crippen LogP contribution in [0.4, 0.5) is 5.82 Å². The Kier molecular flexibility index (Phi) is 3.71. The van der Waals surface area contributed by atoms with Crippen LogP contribution in [0.25, 0.3) is 0 Å². The summed E-state index contributed by atoms with van der Waals surface area (Å²) in [5, 5.41) is 3.01. The minimum Gasteiger partial charge on any atom is -0.305 e. The van der Waals surface area contributed by atoms with Gasteiger partial charge in [-0.25, -0.2) is 9.97 Å². The third-order valence-electron chi connectivity index (χ3n) is 1.99. The third-order valence-corrected chi connectivity index (χ3v) is 2.93. The number of rotatable bonds is 2. The smallest absolute Gasteiger partial charge is 0.259 e. The first kappa shape index (κ1) is 12.0.